The van der Waals surface area contributed by atoms with Gasteiger partial charge in [0.15, 0.2) is 0 Å². The van der Waals surface area contributed by atoms with Gasteiger partial charge in [-0.15, -0.1) is 11.3 Å². The Hall–Kier alpha value is -0.870. The maximum absolute atomic E-state index is 5.90. The number of thiophene rings is 1. The molecule has 0 atom stereocenters. The molecule has 0 saturated carbocycles. The average molecular weight is 269 g/mol. The van der Waals surface area contributed by atoms with Gasteiger partial charge < -0.3 is 5.73 Å². The molecule has 0 aromatic carbocycles. The molecule has 0 saturated heterocycles. The van der Waals surface area contributed by atoms with Crippen molar-refractivity contribution < 1.29 is 0 Å². The lowest BCUT2D eigenvalue weighted by Gasteiger charge is -2.03. The molecule has 2 nitrogen and oxygen atoms in total. The Labute approximate surface area is 94.9 Å². The van der Waals surface area contributed by atoms with Crippen molar-refractivity contribution in [2.24, 2.45) is 0 Å². The van der Waals surface area contributed by atoms with Gasteiger partial charge in [-0.3, -0.25) is 4.98 Å². The monoisotopic (exact) mass is 268 g/mol. The summed E-state index contributed by atoms with van der Waals surface area (Å²) in [5.74, 6) is 0. The molecule has 0 bridgehead atoms. The van der Waals surface area contributed by atoms with Gasteiger partial charge in [0.1, 0.15) is 5.69 Å². The van der Waals surface area contributed by atoms with Gasteiger partial charge in [-0.25, -0.2) is 0 Å². The summed E-state index contributed by atoms with van der Waals surface area (Å²) in [5, 5.41) is 2.01. The summed E-state index contributed by atoms with van der Waals surface area (Å²) in [4.78, 5) is 5.42. The third-order valence-corrected chi connectivity index (χ3v) is 3.73. The maximum atomic E-state index is 5.90. The van der Waals surface area contributed by atoms with Crippen molar-refractivity contribution >= 4 is 33.0 Å². The van der Waals surface area contributed by atoms with Crippen LogP contribution in [0.2, 0.25) is 0 Å². The average Bonchev–Trinajstić information content (AvgIpc) is 2.52. The van der Waals surface area contributed by atoms with Crippen molar-refractivity contribution in [2.75, 3.05) is 5.73 Å². The van der Waals surface area contributed by atoms with Crippen LogP contribution in [-0.2, 0) is 0 Å². The molecule has 2 heterocycles. The molecule has 4 heteroatoms. The molecule has 2 rings (SSSR count). The smallest absolute Gasteiger partial charge is 0.104 e. The van der Waals surface area contributed by atoms with Gasteiger partial charge in [0.2, 0.25) is 0 Å². The Kier molecular flexibility index (Phi) is 2.56. The highest BCUT2D eigenvalue weighted by Gasteiger charge is 2.09. The zero-order valence-corrected chi connectivity index (χ0v) is 10.0. The molecule has 2 aromatic heterocycles. The lowest BCUT2D eigenvalue weighted by molar-refractivity contribution is 1.28. The zero-order chi connectivity index (χ0) is 10.1. The largest absolute Gasteiger partial charge is 0.397 e. The minimum atomic E-state index is 0.730. The highest BCUT2D eigenvalue weighted by Crippen LogP contribution is 2.35. The minimum Gasteiger partial charge on any atom is -0.397 e. The fourth-order valence-electron chi connectivity index (χ4n) is 1.24. The number of aromatic nitrogens is 1. The van der Waals surface area contributed by atoms with Crippen LogP contribution in [0.5, 0.6) is 0 Å². The Bertz CT molecular complexity index is 465. The molecule has 0 fully saturated rings. The quantitative estimate of drug-likeness (QED) is 0.861. The molecule has 72 valence electrons. The number of aryl methyl sites for hydroxylation is 1. The Morgan fingerprint density at radius 2 is 2.29 bits per heavy atom. The van der Waals surface area contributed by atoms with E-state index in [0.717, 1.165) is 26.3 Å². The number of hydrogen-bond acceptors (Lipinski definition) is 3. The van der Waals surface area contributed by atoms with Crippen LogP contribution in [0.3, 0.4) is 0 Å². The summed E-state index contributed by atoms with van der Waals surface area (Å²) in [6.07, 6.45) is 1.83. The first-order valence-corrected chi connectivity index (χ1v) is 5.81. The summed E-state index contributed by atoms with van der Waals surface area (Å²) in [5.41, 5.74) is 8.58. The molecule has 0 amide bonds. The summed E-state index contributed by atoms with van der Waals surface area (Å²) in [6.45, 7) is 1.98. The molecular formula is C10H9BrN2S. The van der Waals surface area contributed by atoms with Crippen LogP contribution in [0.1, 0.15) is 5.56 Å². The van der Waals surface area contributed by atoms with Crippen LogP contribution in [0.25, 0.3) is 10.6 Å². The molecule has 0 aliphatic heterocycles. The first-order chi connectivity index (χ1) is 6.68. The van der Waals surface area contributed by atoms with Crippen molar-refractivity contribution in [3.8, 4) is 10.6 Å². The zero-order valence-electron chi connectivity index (χ0n) is 7.62. The van der Waals surface area contributed by atoms with Gasteiger partial charge in [0, 0.05) is 10.7 Å². The van der Waals surface area contributed by atoms with Gasteiger partial charge in [-0.1, -0.05) is 0 Å². The van der Waals surface area contributed by atoms with Gasteiger partial charge in [-0.05, 0) is 45.9 Å². The molecule has 0 aliphatic carbocycles. The molecule has 14 heavy (non-hydrogen) atoms. The normalized spacial score (nSPS) is 10.4. The summed E-state index contributed by atoms with van der Waals surface area (Å²) in [7, 11) is 0. The van der Waals surface area contributed by atoms with Crippen LogP contribution in [-0.4, -0.2) is 4.98 Å². The fourth-order valence-corrected chi connectivity index (χ4v) is 2.82. The number of anilines is 1. The lowest BCUT2D eigenvalue weighted by atomic mass is 10.2. The van der Waals surface area contributed by atoms with E-state index >= 15 is 0 Å². The SMILES string of the molecule is Cc1cnc(-c2sccc2Br)c(N)c1. The van der Waals surface area contributed by atoms with Crippen molar-refractivity contribution in [1.82, 2.24) is 4.98 Å². The van der Waals surface area contributed by atoms with E-state index in [9.17, 15) is 0 Å². The van der Waals surface area contributed by atoms with E-state index < -0.39 is 0 Å². The first kappa shape index (κ1) is 9.68. The minimum absolute atomic E-state index is 0.730. The second kappa shape index (κ2) is 3.71. The molecule has 2 aromatic rings. The van der Waals surface area contributed by atoms with Gasteiger partial charge in [-0.2, -0.15) is 0 Å². The van der Waals surface area contributed by atoms with Gasteiger partial charge in [0.25, 0.3) is 0 Å². The van der Waals surface area contributed by atoms with Gasteiger partial charge in [0.05, 0.1) is 10.6 Å². The van der Waals surface area contributed by atoms with E-state index in [1.54, 1.807) is 11.3 Å². The molecule has 2 N–H and O–H groups in total. The second-order valence-electron chi connectivity index (χ2n) is 3.05. The highest BCUT2D eigenvalue weighted by atomic mass is 79.9. The molecule has 0 aliphatic rings. The van der Waals surface area contributed by atoms with Crippen LogP contribution in [0.15, 0.2) is 28.2 Å². The van der Waals surface area contributed by atoms with Crippen LogP contribution in [0, 0.1) is 6.92 Å². The third-order valence-electron chi connectivity index (χ3n) is 1.89. The highest BCUT2D eigenvalue weighted by molar-refractivity contribution is 9.10. The van der Waals surface area contributed by atoms with Crippen molar-refractivity contribution in [3.63, 3.8) is 0 Å². The van der Waals surface area contributed by atoms with Crippen molar-refractivity contribution in [3.05, 3.63) is 33.7 Å². The Balaban J connectivity index is 2.58. The predicted molar refractivity (Wildman–Crippen MR) is 64.4 cm³/mol. The van der Waals surface area contributed by atoms with Crippen molar-refractivity contribution in [2.45, 2.75) is 6.92 Å². The topological polar surface area (TPSA) is 38.9 Å². The van der Waals surface area contributed by atoms with E-state index in [-0.39, 0.29) is 0 Å². The van der Waals surface area contributed by atoms with Crippen LogP contribution >= 0.6 is 27.3 Å². The van der Waals surface area contributed by atoms with Crippen molar-refractivity contribution in [1.29, 1.82) is 0 Å². The lowest BCUT2D eigenvalue weighted by Crippen LogP contribution is -1.93. The van der Waals surface area contributed by atoms with Crippen LogP contribution < -0.4 is 5.73 Å². The fraction of sp³-hybridized carbons (Fsp3) is 0.100. The van der Waals surface area contributed by atoms with E-state index in [1.165, 1.54) is 0 Å². The summed E-state index contributed by atoms with van der Waals surface area (Å²) in [6, 6.07) is 3.94. The molecular weight excluding hydrogens is 260 g/mol. The van der Waals surface area contributed by atoms with E-state index in [1.807, 2.05) is 30.6 Å². The predicted octanol–water partition coefficient (Wildman–Crippen LogP) is 3.46. The number of halogens is 1. The number of hydrogen-bond donors (Lipinski definition) is 1. The standard InChI is InChI=1S/C10H9BrN2S/c1-6-4-8(12)9(13-5-6)10-7(11)2-3-14-10/h2-5H,12H2,1H3. The molecule has 0 unspecified atom stereocenters. The van der Waals surface area contributed by atoms with E-state index in [0.29, 0.717) is 0 Å². The maximum Gasteiger partial charge on any atom is 0.104 e. The third kappa shape index (κ3) is 1.67. The molecule has 0 radical (unpaired) electrons. The Morgan fingerprint density at radius 3 is 2.86 bits per heavy atom. The van der Waals surface area contributed by atoms with E-state index in [4.69, 9.17) is 5.73 Å². The summed E-state index contributed by atoms with van der Waals surface area (Å²) >= 11 is 5.10. The van der Waals surface area contributed by atoms with Gasteiger partial charge >= 0.3 is 0 Å². The van der Waals surface area contributed by atoms with E-state index in [2.05, 4.69) is 20.9 Å². The number of rotatable bonds is 1. The molecule has 0 spiro atoms. The second-order valence-corrected chi connectivity index (χ2v) is 4.82. The van der Waals surface area contributed by atoms with Crippen LogP contribution in [0.4, 0.5) is 5.69 Å². The first-order valence-electron chi connectivity index (χ1n) is 4.14. The number of pyridine rings is 1. The Morgan fingerprint density at radius 1 is 1.50 bits per heavy atom. The summed E-state index contributed by atoms with van der Waals surface area (Å²) < 4.78 is 1.05. The number of nitrogens with two attached hydrogens (primary N) is 1. The number of nitrogen functional groups attached to an aromatic ring is 1. The number of nitrogens with zero attached hydrogens (tertiary/aromatic N) is 1.